The zero-order valence-corrected chi connectivity index (χ0v) is 16.6. The molecule has 0 aliphatic rings. The van der Waals surface area contributed by atoms with Crippen LogP contribution in [0.25, 0.3) is 0 Å². The summed E-state index contributed by atoms with van der Waals surface area (Å²) in [5.74, 6) is -0.380. The van der Waals surface area contributed by atoms with Gasteiger partial charge < -0.3 is 5.32 Å². The van der Waals surface area contributed by atoms with Gasteiger partial charge in [0.2, 0.25) is 5.91 Å². The minimum absolute atomic E-state index is 0.0438. The summed E-state index contributed by atoms with van der Waals surface area (Å²) in [4.78, 5) is 12.5. The van der Waals surface area contributed by atoms with Gasteiger partial charge in [-0.25, -0.2) is 8.42 Å². The Morgan fingerprint density at radius 3 is 2.35 bits per heavy atom. The topological polar surface area (TPSA) is 66.5 Å². The summed E-state index contributed by atoms with van der Waals surface area (Å²) in [6, 6.07) is 13.0. The number of para-hydroxylation sites is 1. The van der Waals surface area contributed by atoms with E-state index in [1.54, 1.807) is 36.4 Å². The number of hydrogen-bond acceptors (Lipinski definition) is 3. The van der Waals surface area contributed by atoms with E-state index in [4.69, 9.17) is 11.6 Å². The highest BCUT2D eigenvalue weighted by molar-refractivity contribution is 7.92. The van der Waals surface area contributed by atoms with Crippen molar-refractivity contribution in [3.8, 4) is 0 Å². The van der Waals surface area contributed by atoms with Crippen LogP contribution in [-0.4, -0.2) is 26.9 Å². The molecule has 2 aromatic rings. The summed E-state index contributed by atoms with van der Waals surface area (Å²) in [5, 5.41) is 3.06. The van der Waals surface area contributed by atoms with Gasteiger partial charge in [-0.1, -0.05) is 48.4 Å². The summed E-state index contributed by atoms with van der Waals surface area (Å²) in [7, 11) is -3.94. The van der Waals surface area contributed by atoms with Crippen LogP contribution >= 0.6 is 11.6 Å². The maximum absolute atomic E-state index is 13.2. The number of carbonyl (C=O) groups is 1. The zero-order chi connectivity index (χ0) is 19.3. The highest BCUT2D eigenvalue weighted by Gasteiger charge is 2.28. The van der Waals surface area contributed by atoms with E-state index >= 15 is 0 Å². The average Bonchev–Trinajstić information content (AvgIpc) is 2.60. The Morgan fingerprint density at radius 2 is 1.77 bits per heavy atom. The van der Waals surface area contributed by atoms with Gasteiger partial charge in [0.05, 0.1) is 15.6 Å². The van der Waals surface area contributed by atoms with Crippen LogP contribution in [0.15, 0.2) is 53.4 Å². The van der Waals surface area contributed by atoms with Gasteiger partial charge in [-0.15, -0.1) is 0 Å². The molecule has 0 unspecified atom stereocenters. The first-order valence-electron chi connectivity index (χ1n) is 8.39. The van der Waals surface area contributed by atoms with Crippen molar-refractivity contribution in [2.24, 2.45) is 0 Å². The molecule has 2 rings (SSSR count). The van der Waals surface area contributed by atoms with Crippen LogP contribution in [0.4, 0.5) is 5.69 Å². The molecular weight excluding hydrogens is 372 g/mol. The molecule has 7 heteroatoms. The fraction of sp³-hybridized carbons (Fsp3) is 0.316. The van der Waals surface area contributed by atoms with Crippen LogP contribution in [0.2, 0.25) is 5.02 Å². The van der Waals surface area contributed by atoms with E-state index in [-0.39, 0.29) is 34.1 Å². The van der Waals surface area contributed by atoms with Gasteiger partial charge in [0, 0.05) is 6.04 Å². The quantitative estimate of drug-likeness (QED) is 0.777. The molecule has 0 fully saturated rings. The molecule has 0 aliphatic heterocycles. The summed E-state index contributed by atoms with van der Waals surface area (Å²) >= 11 is 6.22. The van der Waals surface area contributed by atoms with Crippen molar-refractivity contribution in [1.29, 1.82) is 0 Å². The monoisotopic (exact) mass is 394 g/mol. The highest BCUT2D eigenvalue weighted by Crippen LogP contribution is 2.30. The summed E-state index contributed by atoms with van der Waals surface area (Å²) in [5.41, 5.74) is 1.22. The second-order valence-electron chi connectivity index (χ2n) is 6.15. The standard InChI is InChI=1S/C19H23ClN2O3S/c1-4-15(3)21-19(23)13-22(18-8-6-5-7-17(18)20)26(24,25)16-11-9-14(2)10-12-16/h5-12,15H,4,13H2,1-3H3,(H,21,23)/t15-/m0/s1. The molecule has 0 saturated carbocycles. The number of aryl methyl sites for hydroxylation is 1. The predicted molar refractivity (Wildman–Crippen MR) is 105 cm³/mol. The molecule has 1 atom stereocenters. The van der Waals surface area contributed by atoms with E-state index in [1.807, 2.05) is 20.8 Å². The first kappa shape index (κ1) is 20.3. The number of anilines is 1. The molecule has 5 nitrogen and oxygen atoms in total. The minimum atomic E-state index is -3.94. The summed E-state index contributed by atoms with van der Waals surface area (Å²) in [6.07, 6.45) is 0.753. The third-order valence-corrected chi connectivity index (χ3v) is 6.13. The largest absolute Gasteiger partial charge is 0.352 e. The fourth-order valence-corrected chi connectivity index (χ4v) is 4.07. The van der Waals surface area contributed by atoms with Gasteiger partial charge >= 0.3 is 0 Å². The van der Waals surface area contributed by atoms with Crippen LogP contribution in [0.5, 0.6) is 0 Å². The van der Waals surface area contributed by atoms with Gasteiger partial charge in [-0.3, -0.25) is 9.10 Å². The molecule has 0 aliphatic carbocycles. The Labute approximate surface area is 160 Å². The zero-order valence-electron chi connectivity index (χ0n) is 15.1. The molecule has 0 spiro atoms. The Morgan fingerprint density at radius 1 is 1.15 bits per heavy atom. The highest BCUT2D eigenvalue weighted by atomic mass is 35.5. The fourth-order valence-electron chi connectivity index (χ4n) is 2.34. The number of hydrogen-bond donors (Lipinski definition) is 1. The predicted octanol–water partition coefficient (Wildman–Crippen LogP) is 3.76. The van der Waals surface area contributed by atoms with Crippen molar-refractivity contribution in [2.75, 3.05) is 10.8 Å². The molecule has 140 valence electrons. The normalized spacial score (nSPS) is 12.5. The second-order valence-corrected chi connectivity index (χ2v) is 8.42. The summed E-state index contributed by atoms with van der Waals surface area (Å²) < 4.78 is 27.4. The molecule has 0 radical (unpaired) electrons. The van der Waals surface area contributed by atoms with Gasteiger partial charge in [0.25, 0.3) is 10.0 Å². The summed E-state index contributed by atoms with van der Waals surface area (Å²) in [6.45, 7) is 5.35. The van der Waals surface area contributed by atoms with E-state index < -0.39 is 10.0 Å². The number of halogens is 1. The van der Waals surface area contributed by atoms with E-state index in [9.17, 15) is 13.2 Å². The maximum Gasteiger partial charge on any atom is 0.264 e. The van der Waals surface area contributed by atoms with Crippen LogP contribution in [0.3, 0.4) is 0 Å². The molecule has 0 bridgehead atoms. The lowest BCUT2D eigenvalue weighted by Gasteiger charge is -2.25. The van der Waals surface area contributed by atoms with E-state index in [0.29, 0.717) is 0 Å². The third-order valence-electron chi connectivity index (χ3n) is 4.04. The molecule has 0 saturated heterocycles. The molecule has 1 N–H and O–H groups in total. The van der Waals surface area contributed by atoms with E-state index in [2.05, 4.69) is 5.32 Å². The lowest BCUT2D eigenvalue weighted by atomic mass is 10.2. The molecule has 2 aromatic carbocycles. The molecular formula is C19H23ClN2O3S. The first-order chi connectivity index (χ1) is 12.3. The van der Waals surface area contributed by atoms with Gasteiger partial charge in [0.15, 0.2) is 0 Å². The van der Waals surface area contributed by atoms with Crippen LogP contribution < -0.4 is 9.62 Å². The SMILES string of the molecule is CC[C@H](C)NC(=O)CN(c1ccccc1Cl)S(=O)(=O)c1ccc(C)cc1. The molecule has 0 heterocycles. The molecule has 0 aromatic heterocycles. The van der Waals surface area contributed by atoms with Crippen molar-refractivity contribution in [3.63, 3.8) is 0 Å². The lowest BCUT2D eigenvalue weighted by molar-refractivity contribution is -0.120. The van der Waals surface area contributed by atoms with Gasteiger partial charge in [0.1, 0.15) is 6.54 Å². The number of sulfonamides is 1. The Bertz CT molecular complexity index is 867. The smallest absolute Gasteiger partial charge is 0.264 e. The van der Waals surface area contributed by atoms with Crippen molar-refractivity contribution in [3.05, 3.63) is 59.1 Å². The number of amides is 1. The Hall–Kier alpha value is -2.05. The lowest BCUT2D eigenvalue weighted by Crippen LogP contribution is -2.43. The first-order valence-corrected chi connectivity index (χ1v) is 10.2. The molecule has 26 heavy (non-hydrogen) atoms. The number of benzene rings is 2. The number of nitrogens with zero attached hydrogens (tertiary/aromatic N) is 1. The van der Waals surface area contributed by atoms with Crippen LogP contribution in [0, 0.1) is 6.92 Å². The number of rotatable bonds is 7. The second kappa shape index (κ2) is 8.56. The Kier molecular flexibility index (Phi) is 6.67. The van der Waals surface area contributed by atoms with Crippen molar-refractivity contribution in [1.82, 2.24) is 5.32 Å². The van der Waals surface area contributed by atoms with E-state index in [1.165, 1.54) is 12.1 Å². The minimum Gasteiger partial charge on any atom is -0.352 e. The maximum atomic E-state index is 13.2. The van der Waals surface area contributed by atoms with Crippen molar-refractivity contribution in [2.45, 2.75) is 38.1 Å². The number of nitrogens with one attached hydrogen (secondary N) is 1. The Balaban J connectivity index is 2.45. The third kappa shape index (κ3) is 4.77. The number of carbonyl (C=O) groups excluding carboxylic acids is 1. The van der Waals surface area contributed by atoms with Gasteiger partial charge in [-0.05, 0) is 44.5 Å². The van der Waals surface area contributed by atoms with Crippen LogP contribution in [-0.2, 0) is 14.8 Å². The van der Waals surface area contributed by atoms with Crippen LogP contribution in [0.1, 0.15) is 25.8 Å². The van der Waals surface area contributed by atoms with Crippen molar-refractivity contribution >= 4 is 33.2 Å². The van der Waals surface area contributed by atoms with E-state index in [0.717, 1.165) is 16.3 Å². The van der Waals surface area contributed by atoms with Crippen molar-refractivity contribution < 1.29 is 13.2 Å². The molecule has 1 amide bonds. The van der Waals surface area contributed by atoms with Gasteiger partial charge in [-0.2, -0.15) is 0 Å². The average molecular weight is 395 g/mol.